The predicted octanol–water partition coefficient (Wildman–Crippen LogP) is 3.17. The van der Waals surface area contributed by atoms with E-state index in [9.17, 15) is 10.2 Å². The Morgan fingerprint density at radius 2 is 1.12 bits per heavy atom. The van der Waals surface area contributed by atoms with Gasteiger partial charge in [0.25, 0.3) is 0 Å². The van der Waals surface area contributed by atoms with Crippen molar-refractivity contribution in [1.82, 2.24) is 0 Å². The number of rotatable bonds is 12. The first-order valence-electron chi connectivity index (χ1n) is 9.06. The van der Waals surface area contributed by atoms with Crippen molar-refractivity contribution < 1.29 is 27.3 Å². The second-order valence-corrected chi connectivity index (χ2v) is 26.2. The Kier molecular flexibility index (Phi) is 9.95. The highest BCUT2D eigenvalue weighted by molar-refractivity contribution is 6.90. The third kappa shape index (κ3) is 10.5. The second-order valence-electron chi connectivity index (χ2n) is 9.29. The van der Waals surface area contributed by atoms with E-state index in [1.54, 1.807) is 0 Å². The number of aliphatic hydroxyl groups is 2. The van der Waals surface area contributed by atoms with Gasteiger partial charge in [0.15, 0.2) is 30.7 Å². The van der Waals surface area contributed by atoms with Crippen molar-refractivity contribution in [3.63, 3.8) is 0 Å². The average molecular weight is 429 g/mol. The van der Waals surface area contributed by atoms with Crippen LogP contribution in [0.3, 0.4) is 0 Å². The Morgan fingerprint density at radius 1 is 0.760 bits per heavy atom. The fraction of sp³-hybridized carbons (Fsp3) is 1.00. The average Bonchev–Trinajstić information content (AvgIpc) is 2.31. The molecule has 2 N–H and O–H groups in total. The molecule has 0 saturated carbocycles. The van der Waals surface area contributed by atoms with Crippen LogP contribution in [0.4, 0.5) is 0 Å². The Labute approximate surface area is 158 Å². The lowest BCUT2D eigenvalue weighted by atomic mass is 10.4. The van der Waals surface area contributed by atoms with Crippen LogP contribution in [-0.4, -0.2) is 69.0 Å². The van der Waals surface area contributed by atoms with Crippen LogP contribution >= 0.6 is 0 Å². The van der Waals surface area contributed by atoms with Gasteiger partial charge in [-0.1, -0.05) is 6.92 Å². The highest BCUT2D eigenvalue weighted by Gasteiger charge is 2.59. The fourth-order valence-electron chi connectivity index (χ4n) is 2.31. The van der Waals surface area contributed by atoms with Gasteiger partial charge in [-0.2, -0.15) is 0 Å². The summed E-state index contributed by atoms with van der Waals surface area (Å²) in [5, 5.41) is 20.2. The first kappa shape index (κ1) is 25.6. The summed E-state index contributed by atoms with van der Waals surface area (Å²) in [6.45, 7) is 20.8. The molecule has 0 aliphatic carbocycles. The largest absolute Gasteiger partial charge is 0.502 e. The molecule has 2 unspecified atom stereocenters. The van der Waals surface area contributed by atoms with Crippen molar-refractivity contribution in [2.24, 2.45) is 0 Å². The van der Waals surface area contributed by atoms with Crippen molar-refractivity contribution >= 4 is 33.8 Å². The number of aliphatic hydroxyl groups excluding tert-OH is 2. The zero-order valence-corrected chi connectivity index (χ0v) is 21.8. The number of ether oxygens (including phenoxy) is 1. The fourth-order valence-corrected chi connectivity index (χ4v) is 16.5. The van der Waals surface area contributed by atoms with Crippen molar-refractivity contribution in [2.75, 3.05) is 13.2 Å². The highest BCUT2D eigenvalue weighted by atomic mass is 28.5. The lowest BCUT2D eigenvalue weighted by molar-refractivity contribution is -0.0478. The predicted molar refractivity (Wildman–Crippen MR) is 112 cm³/mol. The first-order chi connectivity index (χ1) is 11.1. The Balaban J connectivity index is 6.21. The van der Waals surface area contributed by atoms with Gasteiger partial charge in [-0.05, 0) is 65.3 Å². The van der Waals surface area contributed by atoms with Gasteiger partial charge in [0, 0.05) is 6.61 Å². The van der Waals surface area contributed by atoms with E-state index < -0.39 is 52.2 Å². The highest BCUT2D eigenvalue weighted by Crippen LogP contribution is 2.31. The SMILES string of the molecule is CCCOC(C(O)CO)[Si](O[Si](C)(C)C)(O[Si](C)(C)C)O[Si](C)(C)C. The zero-order valence-electron chi connectivity index (χ0n) is 17.8. The van der Waals surface area contributed by atoms with Crippen LogP contribution in [0, 0.1) is 0 Å². The van der Waals surface area contributed by atoms with E-state index in [0.717, 1.165) is 6.42 Å². The molecular weight excluding hydrogens is 389 g/mol. The summed E-state index contributed by atoms with van der Waals surface area (Å²) >= 11 is 0. The third-order valence-electron chi connectivity index (χ3n) is 2.73. The molecule has 0 heterocycles. The molecule has 2 atom stereocenters. The standard InChI is InChI=1S/C15H40O6Si4/c1-11-12-18-15(14(17)13-16)25(19-22(2,3)4,20-23(5,6)7)21-24(8,9)10/h14-17H,11-13H2,1-10H3. The van der Waals surface area contributed by atoms with Crippen molar-refractivity contribution in [2.45, 2.75) is 84.1 Å². The molecule has 0 fully saturated rings. The van der Waals surface area contributed by atoms with E-state index in [1.165, 1.54) is 0 Å². The smallest absolute Gasteiger partial charge is 0.415 e. The number of hydrogen-bond acceptors (Lipinski definition) is 6. The lowest BCUT2D eigenvalue weighted by Crippen LogP contribution is -2.70. The number of hydrogen-bond donors (Lipinski definition) is 2. The molecule has 10 heteroatoms. The molecule has 0 aromatic heterocycles. The van der Waals surface area contributed by atoms with Crippen LogP contribution in [-0.2, 0) is 17.1 Å². The van der Waals surface area contributed by atoms with Gasteiger partial charge >= 0.3 is 8.80 Å². The first-order valence-corrected chi connectivity index (χ1v) is 21.1. The second kappa shape index (κ2) is 9.71. The summed E-state index contributed by atoms with van der Waals surface area (Å²) in [4.78, 5) is 0. The van der Waals surface area contributed by atoms with Gasteiger partial charge in [-0.3, -0.25) is 0 Å². The molecule has 0 aliphatic rings. The van der Waals surface area contributed by atoms with Crippen molar-refractivity contribution in [3.8, 4) is 0 Å². The topological polar surface area (TPSA) is 77.4 Å². The summed E-state index contributed by atoms with van der Waals surface area (Å²) in [5.41, 5.74) is -0.775. The van der Waals surface area contributed by atoms with Crippen LogP contribution in [0.1, 0.15) is 13.3 Å². The van der Waals surface area contributed by atoms with Gasteiger partial charge in [0.2, 0.25) is 0 Å². The van der Waals surface area contributed by atoms with E-state index >= 15 is 0 Å². The third-order valence-corrected chi connectivity index (χ3v) is 14.7. The molecule has 25 heavy (non-hydrogen) atoms. The summed E-state index contributed by atoms with van der Waals surface area (Å²) in [6, 6.07) is 0. The van der Waals surface area contributed by atoms with Gasteiger partial charge in [0.1, 0.15) is 6.10 Å². The molecule has 0 aliphatic heterocycles. The molecule has 0 aromatic rings. The molecule has 0 saturated heterocycles. The monoisotopic (exact) mass is 428 g/mol. The van der Waals surface area contributed by atoms with Crippen LogP contribution in [0.5, 0.6) is 0 Å². The van der Waals surface area contributed by atoms with E-state index in [0.29, 0.717) is 6.61 Å². The molecule has 0 bridgehead atoms. The van der Waals surface area contributed by atoms with Gasteiger partial charge in [-0.25, -0.2) is 0 Å². The summed E-state index contributed by atoms with van der Waals surface area (Å²) in [6.07, 6.45) is -0.298. The zero-order chi connectivity index (χ0) is 20.1. The molecule has 0 rings (SSSR count). The van der Waals surface area contributed by atoms with Crippen molar-refractivity contribution in [1.29, 1.82) is 0 Å². The molecule has 0 amide bonds. The molecule has 6 nitrogen and oxygen atoms in total. The van der Waals surface area contributed by atoms with Crippen LogP contribution < -0.4 is 0 Å². The molecule has 0 radical (unpaired) electrons. The van der Waals surface area contributed by atoms with E-state index in [4.69, 9.17) is 17.1 Å². The van der Waals surface area contributed by atoms with E-state index in [-0.39, 0.29) is 0 Å². The minimum atomic E-state index is -3.40. The quantitative estimate of drug-likeness (QED) is 0.465. The van der Waals surface area contributed by atoms with Crippen LogP contribution in [0.2, 0.25) is 58.9 Å². The minimum absolute atomic E-state index is 0.414. The van der Waals surface area contributed by atoms with Gasteiger partial charge < -0.3 is 27.3 Å². The Bertz CT molecular complexity index is 348. The Morgan fingerprint density at radius 3 is 1.36 bits per heavy atom. The maximum absolute atomic E-state index is 10.5. The molecule has 0 spiro atoms. The van der Waals surface area contributed by atoms with Crippen LogP contribution in [0.25, 0.3) is 0 Å². The molecule has 152 valence electrons. The minimum Gasteiger partial charge on any atom is -0.415 e. The van der Waals surface area contributed by atoms with E-state index in [1.807, 2.05) is 6.92 Å². The summed E-state index contributed by atoms with van der Waals surface area (Å²) < 4.78 is 25.7. The summed E-state index contributed by atoms with van der Waals surface area (Å²) in [5.74, 6) is 0. The van der Waals surface area contributed by atoms with Gasteiger partial charge in [-0.15, -0.1) is 0 Å². The Hall–Kier alpha value is 0.628. The van der Waals surface area contributed by atoms with Crippen molar-refractivity contribution in [3.05, 3.63) is 0 Å². The maximum atomic E-state index is 10.5. The summed E-state index contributed by atoms with van der Waals surface area (Å²) in [7, 11) is -9.61. The molecule has 0 aromatic carbocycles. The normalized spacial score (nSPS) is 16.8. The van der Waals surface area contributed by atoms with Crippen LogP contribution in [0.15, 0.2) is 0 Å². The molecular formula is C15H40O6Si4. The lowest BCUT2D eigenvalue weighted by Gasteiger charge is -2.46. The van der Waals surface area contributed by atoms with E-state index in [2.05, 4.69) is 58.9 Å². The maximum Gasteiger partial charge on any atom is 0.502 e. The van der Waals surface area contributed by atoms with Gasteiger partial charge in [0.05, 0.1) is 6.61 Å².